The first kappa shape index (κ1) is 18.4. The number of carbonyl (C=O) groups is 1. The molecule has 1 atom stereocenters. The summed E-state index contributed by atoms with van der Waals surface area (Å²) in [6.45, 7) is 1.73. The Morgan fingerprint density at radius 1 is 1.19 bits per heavy atom. The molecule has 0 bridgehead atoms. The Kier molecular flexibility index (Phi) is 5.58. The van der Waals surface area contributed by atoms with E-state index in [4.69, 9.17) is 11.6 Å². The van der Waals surface area contributed by atoms with Crippen LogP contribution in [0.2, 0.25) is 5.02 Å². The van der Waals surface area contributed by atoms with Gasteiger partial charge in [0, 0.05) is 17.6 Å². The minimum atomic E-state index is -0.476. The summed E-state index contributed by atoms with van der Waals surface area (Å²) in [6, 6.07) is 13.3. The van der Waals surface area contributed by atoms with Gasteiger partial charge in [-0.1, -0.05) is 35.5 Å². The van der Waals surface area contributed by atoms with Gasteiger partial charge in [0.15, 0.2) is 11.0 Å². The summed E-state index contributed by atoms with van der Waals surface area (Å²) in [7, 11) is 1.83. The van der Waals surface area contributed by atoms with Crippen LogP contribution >= 0.6 is 23.4 Å². The number of carbonyl (C=O) groups excluding carboxylic acids is 1. The van der Waals surface area contributed by atoms with Crippen molar-refractivity contribution in [1.82, 2.24) is 14.8 Å². The number of benzene rings is 2. The van der Waals surface area contributed by atoms with Crippen molar-refractivity contribution in [3.05, 3.63) is 59.4 Å². The lowest BCUT2D eigenvalue weighted by molar-refractivity contribution is -0.115. The van der Waals surface area contributed by atoms with Crippen LogP contribution in [0, 0.1) is 5.82 Å². The number of aromatic nitrogens is 3. The van der Waals surface area contributed by atoms with E-state index in [2.05, 4.69) is 15.5 Å². The number of amides is 1. The Labute approximate surface area is 159 Å². The van der Waals surface area contributed by atoms with Crippen LogP contribution < -0.4 is 5.32 Å². The smallest absolute Gasteiger partial charge is 0.237 e. The molecule has 0 unspecified atom stereocenters. The van der Waals surface area contributed by atoms with E-state index in [1.54, 1.807) is 35.8 Å². The summed E-state index contributed by atoms with van der Waals surface area (Å²) in [6.07, 6.45) is 0. The van der Waals surface area contributed by atoms with E-state index < -0.39 is 11.1 Å². The summed E-state index contributed by atoms with van der Waals surface area (Å²) < 4.78 is 15.5. The third-order valence-corrected chi connectivity index (χ3v) is 5.11. The number of rotatable bonds is 5. The highest BCUT2D eigenvalue weighted by Crippen LogP contribution is 2.27. The molecule has 1 N–H and O–H groups in total. The van der Waals surface area contributed by atoms with Crippen molar-refractivity contribution in [3.63, 3.8) is 0 Å². The zero-order chi connectivity index (χ0) is 18.7. The molecule has 1 aromatic heterocycles. The van der Waals surface area contributed by atoms with Crippen LogP contribution in [0.5, 0.6) is 0 Å². The Balaban J connectivity index is 1.71. The molecule has 0 saturated heterocycles. The normalized spacial score (nSPS) is 12.0. The molecule has 8 heteroatoms. The fraction of sp³-hybridized carbons (Fsp3) is 0.167. The van der Waals surface area contributed by atoms with Crippen LogP contribution in [-0.2, 0) is 11.8 Å². The van der Waals surface area contributed by atoms with Crippen LogP contribution in [-0.4, -0.2) is 25.9 Å². The van der Waals surface area contributed by atoms with Crippen molar-refractivity contribution < 1.29 is 9.18 Å². The van der Waals surface area contributed by atoms with Crippen LogP contribution in [0.1, 0.15) is 6.92 Å². The molecule has 3 rings (SSSR count). The summed E-state index contributed by atoms with van der Waals surface area (Å²) in [5.74, 6) is -0.108. The van der Waals surface area contributed by atoms with E-state index in [0.717, 1.165) is 5.56 Å². The highest BCUT2D eigenvalue weighted by molar-refractivity contribution is 8.00. The van der Waals surface area contributed by atoms with E-state index in [9.17, 15) is 9.18 Å². The molecular weight excluding hydrogens is 375 g/mol. The molecule has 5 nitrogen and oxygen atoms in total. The van der Waals surface area contributed by atoms with Gasteiger partial charge in [-0.05, 0) is 43.3 Å². The minimum absolute atomic E-state index is 0.157. The number of nitrogens with one attached hydrogen (secondary N) is 1. The quantitative estimate of drug-likeness (QED) is 0.656. The predicted molar refractivity (Wildman–Crippen MR) is 102 cm³/mol. The molecular formula is C18H16ClFN4OS. The van der Waals surface area contributed by atoms with Crippen LogP contribution in [0.3, 0.4) is 0 Å². The maximum atomic E-state index is 13.7. The second kappa shape index (κ2) is 7.88. The molecule has 0 radical (unpaired) electrons. The number of anilines is 1. The van der Waals surface area contributed by atoms with Crippen LogP contribution in [0.25, 0.3) is 11.4 Å². The lowest BCUT2D eigenvalue weighted by Crippen LogP contribution is -2.23. The summed E-state index contributed by atoms with van der Waals surface area (Å²) >= 11 is 7.16. The Morgan fingerprint density at radius 3 is 2.58 bits per heavy atom. The van der Waals surface area contributed by atoms with Crippen LogP contribution in [0.4, 0.5) is 10.1 Å². The monoisotopic (exact) mass is 390 g/mol. The van der Waals surface area contributed by atoms with Gasteiger partial charge in [0.25, 0.3) is 0 Å². The highest BCUT2D eigenvalue weighted by atomic mass is 35.5. The van der Waals surface area contributed by atoms with E-state index in [-0.39, 0.29) is 11.6 Å². The molecule has 3 aromatic rings. The van der Waals surface area contributed by atoms with E-state index in [0.29, 0.717) is 16.0 Å². The third-order valence-electron chi connectivity index (χ3n) is 3.72. The predicted octanol–water partition coefficient (Wildman–Crippen LogP) is 4.39. The molecule has 2 aromatic carbocycles. The molecule has 0 fully saturated rings. The molecule has 26 heavy (non-hydrogen) atoms. The van der Waals surface area contributed by atoms with Gasteiger partial charge in [0.2, 0.25) is 5.91 Å². The lowest BCUT2D eigenvalue weighted by atomic mass is 10.2. The molecule has 0 aliphatic carbocycles. The van der Waals surface area contributed by atoms with Crippen molar-refractivity contribution in [2.45, 2.75) is 17.3 Å². The molecule has 0 saturated carbocycles. The second-order valence-electron chi connectivity index (χ2n) is 5.60. The first-order valence-corrected chi connectivity index (χ1v) is 9.09. The first-order chi connectivity index (χ1) is 12.5. The van der Waals surface area contributed by atoms with Crippen LogP contribution in [0.15, 0.2) is 53.7 Å². The van der Waals surface area contributed by atoms with Gasteiger partial charge in [-0.3, -0.25) is 4.79 Å². The number of para-hydroxylation sites is 1. The summed E-state index contributed by atoms with van der Waals surface area (Å²) in [5, 5.41) is 11.7. The fourth-order valence-corrected chi connectivity index (χ4v) is 3.22. The third kappa shape index (κ3) is 4.05. The number of nitrogens with zero attached hydrogens (tertiary/aromatic N) is 3. The van der Waals surface area contributed by atoms with E-state index in [1.165, 1.54) is 23.9 Å². The second-order valence-corrected chi connectivity index (χ2v) is 7.35. The highest BCUT2D eigenvalue weighted by Gasteiger charge is 2.20. The Bertz CT molecular complexity index is 929. The minimum Gasteiger partial charge on any atom is -0.323 e. The summed E-state index contributed by atoms with van der Waals surface area (Å²) in [4.78, 5) is 12.3. The maximum Gasteiger partial charge on any atom is 0.237 e. The fourth-order valence-electron chi connectivity index (χ4n) is 2.28. The van der Waals surface area contributed by atoms with Crippen molar-refractivity contribution >= 4 is 35.0 Å². The number of hydrogen-bond donors (Lipinski definition) is 1. The van der Waals surface area contributed by atoms with Crippen molar-refractivity contribution in [1.29, 1.82) is 0 Å². The zero-order valence-corrected chi connectivity index (χ0v) is 15.7. The number of thioether (sulfide) groups is 1. The first-order valence-electron chi connectivity index (χ1n) is 7.83. The van der Waals surface area contributed by atoms with Crippen molar-refractivity contribution in [2.24, 2.45) is 7.05 Å². The molecule has 0 aliphatic rings. The average molecular weight is 391 g/mol. The number of hydrogen-bond acceptors (Lipinski definition) is 4. The van der Waals surface area contributed by atoms with E-state index >= 15 is 0 Å². The lowest BCUT2D eigenvalue weighted by Gasteiger charge is -2.12. The van der Waals surface area contributed by atoms with Gasteiger partial charge < -0.3 is 9.88 Å². The molecule has 1 heterocycles. The topological polar surface area (TPSA) is 59.8 Å². The number of halogens is 2. The molecule has 0 aliphatic heterocycles. The van der Waals surface area contributed by atoms with Crippen molar-refractivity contribution in [3.8, 4) is 11.4 Å². The average Bonchev–Trinajstić information content (AvgIpc) is 2.98. The van der Waals surface area contributed by atoms with Gasteiger partial charge in [-0.25, -0.2) is 4.39 Å². The van der Waals surface area contributed by atoms with Gasteiger partial charge in [-0.2, -0.15) is 0 Å². The van der Waals surface area contributed by atoms with Gasteiger partial charge in [0.05, 0.1) is 10.9 Å². The largest absolute Gasteiger partial charge is 0.323 e. The zero-order valence-electron chi connectivity index (χ0n) is 14.1. The Morgan fingerprint density at radius 2 is 1.88 bits per heavy atom. The SMILES string of the molecule is C[C@@H](Sc1nnc(-c2ccc(Cl)cc2)n1C)C(=O)Nc1ccccc1F. The molecule has 134 valence electrons. The standard InChI is InChI=1S/C18H16ClFN4OS/c1-11(17(25)21-15-6-4-3-5-14(15)20)26-18-23-22-16(24(18)2)12-7-9-13(19)10-8-12/h3-11H,1-2H3,(H,21,25)/t11-/m1/s1. The maximum absolute atomic E-state index is 13.7. The van der Waals surface area contributed by atoms with E-state index in [1.807, 2.05) is 19.2 Å². The molecule has 1 amide bonds. The summed E-state index contributed by atoms with van der Waals surface area (Å²) in [5.41, 5.74) is 1.03. The van der Waals surface area contributed by atoms with Gasteiger partial charge in [-0.15, -0.1) is 10.2 Å². The van der Waals surface area contributed by atoms with Gasteiger partial charge in [0.1, 0.15) is 5.82 Å². The van der Waals surface area contributed by atoms with Gasteiger partial charge >= 0.3 is 0 Å². The molecule has 0 spiro atoms. The Hall–Kier alpha value is -2.38. The van der Waals surface area contributed by atoms with Crippen molar-refractivity contribution in [2.75, 3.05) is 5.32 Å².